The monoisotopic (exact) mass is 582 g/mol. The standard InChI is InChI=1S/C33H38.C4H8.2C2H6.CH4O/c1-5-7-9-16-32-25-33(31-21-19-27(20-22-31)26(3)4)24-23-30(32)18-12-17-28(13-6-2)29-14-10-8-11-15-29;1-4(2)3;3*1-2/h6,8,10-15,17,19,21,23-25H,2-3,5,7,9,16,18,20,22H2,1,4H3;1H2,2-3H3;2*1-2H3;2H,1H3/b17-12-,28-13+;;;;. The molecule has 0 saturated carbocycles. The van der Waals surface area contributed by atoms with E-state index in [0.29, 0.717) is 0 Å². The first-order chi connectivity index (χ1) is 20.8. The van der Waals surface area contributed by atoms with Crippen LogP contribution in [0.15, 0.2) is 121 Å². The Morgan fingerprint density at radius 3 is 1.98 bits per heavy atom. The predicted octanol–water partition coefficient (Wildman–Crippen LogP) is 12.7. The Morgan fingerprint density at radius 2 is 1.47 bits per heavy atom. The number of aliphatic hydroxyl groups excluding tert-OH is 1. The third-order valence-corrected chi connectivity index (χ3v) is 6.36. The molecule has 2 aromatic rings. The van der Waals surface area contributed by atoms with E-state index in [1.165, 1.54) is 69.4 Å². The molecule has 3 rings (SSSR count). The quantitative estimate of drug-likeness (QED) is 0.159. The van der Waals surface area contributed by atoms with E-state index in [1.807, 2.05) is 47.6 Å². The molecule has 0 aromatic heterocycles. The van der Waals surface area contributed by atoms with Crippen molar-refractivity contribution in [3.8, 4) is 0 Å². The Bertz CT molecular complexity index is 1160. The van der Waals surface area contributed by atoms with Gasteiger partial charge in [0.05, 0.1) is 0 Å². The van der Waals surface area contributed by atoms with Crippen molar-refractivity contribution in [2.45, 2.75) is 100 Å². The lowest BCUT2D eigenvalue weighted by Gasteiger charge is -2.17. The van der Waals surface area contributed by atoms with Crippen molar-refractivity contribution in [1.82, 2.24) is 0 Å². The number of aliphatic hydroxyl groups is 1. The molecule has 2 aromatic carbocycles. The zero-order chi connectivity index (χ0) is 33.0. The highest BCUT2D eigenvalue weighted by Crippen LogP contribution is 2.31. The van der Waals surface area contributed by atoms with Crippen molar-refractivity contribution in [2.75, 3.05) is 7.11 Å². The summed E-state index contributed by atoms with van der Waals surface area (Å²) in [5, 5.41) is 7.00. The van der Waals surface area contributed by atoms with Gasteiger partial charge in [0, 0.05) is 7.11 Å². The number of benzene rings is 2. The SMILES string of the molecule is C=C(C)C.C=C/C=C(\C=C/Cc1ccc(C2=CC=C(C(=C)C)CC2)cc1CCCCC)c1ccccc1.CC.CC.CO. The maximum absolute atomic E-state index is 7.00. The number of aryl methyl sites for hydroxylation is 1. The minimum Gasteiger partial charge on any atom is -0.400 e. The molecule has 1 heteroatoms. The molecule has 0 amide bonds. The summed E-state index contributed by atoms with van der Waals surface area (Å²) in [4.78, 5) is 0. The fraction of sp³-hybridized carbons (Fsp3) is 0.381. The van der Waals surface area contributed by atoms with Crippen molar-refractivity contribution in [3.63, 3.8) is 0 Å². The summed E-state index contributed by atoms with van der Waals surface area (Å²) in [5.41, 5.74) is 11.9. The lowest BCUT2D eigenvalue weighted by molar-refractivity contribution is 0.399. The first-order valence-corrected chi connectivity index (χ1v) is 16.1. The van der Waals surface area contributed by atoms with Crippen LogP contribution in [0, 0.1) is 0 Å². The van der Waals surface area contributed by atoms with Gasteiger partial charge in [-0.05, 0) is 91.8 Å². The third-order valence-electron chi connectivity index (χ3n) is 6.36. The van der Waals surface area contributed by atoms with E-state index in [0.717, 1.165) is 32.8 Å². The van der Waals surface area contributed by atoms with Gasteiger partial charge in [-0.2, -0.15) is 0 Å². The fourth-order valence-electron chi connectivity index (χ4n) is 4.37. The minimum atomic E-state index is 0.946. The summed E-state index contributed by atoms with van der Waals surface area (Å²) in [5.74, 6) is 0. The van der Waals surface area contributed by atoms with Crippen LogP contribution in [0.25, 0.3) is 11.1 Å². The van der Waals surface area contributed by atoms with E-state index < -0.39 is 0 Å². The normalized spacial score (nSPS) is 11.9. The van der Waals surface area contributed by atoms with Gasteiger partial charge >= 0.3 is 0 Å². The summed E-state index contributed by atoms with van der Waals surface area (Å²) < 4.78 is 0. The van der Waals surface area contributed by atoms with Crippen molar-refractivity contribution < 1.29 is 5.11 Å². The van der Waals surface area contributed by atoms with Gasteiger partial charge in [-0.1, -0.05) is 157 Å². The van der Waals surface area contributed by atoms with E-state index >= 15 is 0 Å². The summed E-state index contributed by atoms with van der Waals surface area (Å²) in [6.45, 7) is 27.9. The molecular weight excluding hydrogens is 520 g/mol. The average molecular weight is 583 g/mol. The molecular formula is C42H62O. The first kappa shape index (κ1) is 41.7. The van der Waals surface area contributed by atoms with E-state index in [1.54, 1.807) is 0 Å². The van der Waals surface area contributed by atoms with Crippen LogP contribution in [0.2, 0.25) is 0 Å². The lowest BCUT2D eigenvalue weighted by atomic mass is 9.88. The second-order valence-electron chi connectivity index (χ2n) is 10.1. The van der Waals surface area contributed by atoms with Gasteiger partial charge in [0.2, 0.25) is 0 Å². The third kappa shape index (κ3) is 18.0. The zero-order valence-electron chi connectivity index (χ0n) is 29.1. The second kappa shape index (κ2) is 27.4. The van der Waals surface area contributed by atoms with Gasteiger partial charge in [-0.3, -0.25) is 0 Å². The average Bonchev–Trinajstić information content (AvgIpc) is 3.04. The van der Waals surface area contributed by atoms with Crippen LogP contribution in [0.4, 0.5) is 0 Å². The van der Waals surface area contributed by atoms with Gasteiger partial charge in [-0.15, -0.1) is 6.58 Å². The number of unbranched alkanes of at least 4 members (excludes halogenated alkanes) is 2. The Kier molecular flexibility index (Phi) is 26.6. The largest absolute Gasteiger partial charge is 0.400 e. The molecule has 0 fully saturated rings. The molecule has 0 saturated heterocycles. The Balaban J connectivity index is 0. The van der Waals surface area contributed by atoms with Crippen molar-refractivity contribution in [3.05, 3.63) is 144 Å². The molecule has 0 unspecified atom stereocenters. The predicted molar refractivity (Wildman–Crippen MR) is 199 cm³/mol. The van der Waals surface area contributed by atoms with Gasteiger partial charge in [0.25, 0.3) is 0 Å². The maximum Gasteiger partial charge on any atom is 0.0319 e. The Morgan fingerprint density at radius 1 is 0.837 bits per heavy atom. The molecule has 43 heavy (non-hydrogen) atoms. The van der Waals surface area contributed by atoms with Crippen LogP contribution >= 0.6 is 0 Å². The zero-order valence-corrected chi connectivity index (χ0v) is 29.1. The second-order valence-corrected chi connectivity index (χ2v) is 10.1. The van der Waals surface area contributed by atoms with Crippen molar-refractivity contribution in [1.29, 1.82) is 0 Å². The summed E-state index contributed by atoms with van der Waals surface area (Å²) in [7, 11) is 1.00. The smallest absolute Gasteiger partial charge is 0.0319 e. The minimum absolute atomic E-state index is 0.946. The highest BCUT2D eigenvalue weighted by Gasteiger charge is 2.11. The maximum atomic E-state index is 7.00. The van der Waals surface area contributed by atoms with E-state index in [4.69, 9.17) is 5.11 Å². The molecule has 0 bridgehead atoms. The van der Waals surface area contributed by atoms with Gasteiger partial charge in [-0.25, -0.2) is 0 Å². The Labute approximate surface area is 266 Å². The summed E-state index contributed by atoms with van der Waals surface area (Å²) in [6, 6.07) is 17.6. The summed E-state index contributed by atoms with van der Waals surface area (Å²) >= 11 is 0. The van der Waals surface area contributed by atoms with E-state index in [9.17, 15) is 0 Å². The molecule has 1 aliphatic rings. The molecule has 0 aliphatic heterocycles. The van der Waals surface area contributed by atoms with Crippen LogP contribution in [0.1, 0.15) is 110 Å². The van der Waals surface area contributed by atoms with Crippen LogP contribution in [0.3, 0.4) is 0 Å². The van der Waals surface area contributed by atoms with E-state index in [2.05, 4.69) is 112 Å². The number of rotatable bonds is 11. The lowest BCUT2D eigenvalue weighted by Crippen LogP contribution is -1.99. The number of hydrogen-bond donors (Lipinski definition) is 1. The number of hydrogen-bond acceptors (Lipinski definition) is 1. The topological polar surface area (TPSA) is 20.2 Å². The molecule has 1 aliphatic carbocycles. The first-order valence-electron chi connectivity index (χ1n) is 16.1. The highest BCUT2D eigenvalue weighted by atomic mass is 16.2. The molecule has 1 nitrogen and oxygen atoms in total. The van der Waals surface area contributed by atoms with Crippen LogP contribution < -0.4 is 0 Å². The molecule has 0 atom stereocenters. The number of allylic oxidation sites excluding steroid dienone is 11. The molecule has 1 N–H and O–H groups in total. The molecule has 0 spiro atoms. The Hall–Kier alpha value is -3.42. The van der Waals surface area contributed by atoms with Crippen LogP contribution in [0.5, 0.6) is 0 Å². The van der Waals surface area contributed by atoms with E-state index in [-0.39, 0.29) is 0 Å². The van der Waals surface area contributed by atoms with Crippen molar-refractivity contribution >= 4 is 11.1 Å². The highest BCUT2D eigenvalue weighted by molar-refractivity contribution is 5.75. The van der Waals surface area contributed by atoms with Crippen LogP contribution in [-0.2, 0) is 12.8 Å². The van der Waals surface area contributed by atoms with Crippen LogP contribution in [-0.4, -0.2) is 12.2 Å². The molecule has 0 heterocycles. The van der Waals surface area contributed by atoms with Crippen molar-refractivity contribution in [2.24, 2.45) is 0 Å². The fourth-order valence-corrected chi connectivity index (χ4v) is 4.37. The summed E-state index contributed by atoms with van der Waals surface area (Å²) in [6.07, 6.45) is 21.1. The molecule has 236 valence electrons. The van der Waals surface area contributed by atoms with Gasteiger partial charge in [0.1, 0.15) is 0 Å². The van der Waals surface area contributed by atoms with Gasteiger partial charge < -0.3 is 5.11 Å². The molecule has 0 radical (unpaired) electrons. The van der Waals surface area contributed by atoms with Gasteiger partial charge in [0.15, 0.2) is 0 Å².